The largest absolute Gasteiger partial charge is 0.478 e. The maximum Gasteiger partial charge on any atom is 0.218 e. The highest BCUT2D eigenvalue weighted by atomic mass is 127. The van der Waals surface area contributed by atoms with Gasteiger partial charge in [-0.05, 0) is 32.8 Å². The fourth-order valence-corrected chi connectivity index (χ4v) is 2.33. The Morgan fingerprint density at radius 2 is 2.14 bits per heavy atom. The minimum absolute atomic E-state index is 0. The van der Waals surface area contributed by atoms with Gasteiger partial charge >= 0.3 is 0 Å². The molecule has 0 aromatic carbocycles. The third-order valence-corrected chi connectivity index (χ3v) is 3.27. The summed E-state index contributed by atoms with van der Waals surface area (Å²) in [5.74, 6) is 1.69. The molecular formula is C15H25IN4O. The van der Waals surface area contributed by atoms with Crippen molar-refractivity contribution in [1.82, 2.24) is 15.2 Å². The summed E-state index contributed by atoms with van der Waals surface area (Å²) in [7, 11) is 0. The van der Waals surface area contributed by atoms with E-state index in [2.05, 4.69) is 22.1 Å². The number of rotatable bonds is 5. The number of hydrogen-bond donors (Lipinski definition) is 1. The number of guanidine groups is 1. The summed E-state index contributed by atoms with van der Waals surface area (Å²) >= 11 is 0. The van der Waals surface area contributed by atoms with Gasteiger partial charge in [0.15, 0.2) is 5.96 Å². The van der Waals surface area contributed by atoms with Crippen molar-refractivity contribution in [3.8, 4) is 5.88 Å². The number of nitrogens with one attached hydrogen (secondary N) is 1. The van der Waals surface area contributed by atoms with Crippen LogP contribution in [0.1, 0.15) is 32.3 Å². The molecule has 1 aromatic heterocycles. The third-order valence-electron chi connectivity index (χ3n) is 3.27. The number of nitrogens with zero attached hydrogens (tertiary/aromatic N) is 3. The molecule has 0 saturated carbocycles. The van der Waals surface area contributed by atoms with Crippen molar-refractivity contribution in [1.29, 1.82) is 0 Å². The summed E-state index contributed by atoms with van der Waals surface area (Å²) in [6.45, 7) is 8.37. The zero-order valence-corrected chi connectivity index (χ0v) is 15.2. The second-order valence-corrected chi connectivity index (χ2v) is 4.77. The van der Waals surface area contributed by atoms with Gasteiger partial charge in [0.05, 0.1) is 13.2 Å². The molecular weight excluding hydrogens is 379 g/mol. The Morgan fingerprint density at radius 3 is 2.81 bits per heavy atom. The molecule has 1 N–H and O–H groups in total. The first kappa shape index (κ1) is 18.0. The lowest BCUT2D eigenvalue weighted by Gasteiger charge is -2.20. The molecule has 1 aliphatic heterocycles. The first-order chi connectivity index (χ1) is 9.85. The molecule has 1 fully saturated rings. The van der Waals surface area contributed by atoms with Crippen molar-refractivity contribution in [2.75, 3.05) is 26.2 Å². The SMILES string of the molecule is CCNC(=NCc1cccnc1OCC)N1CCCC1.I. The van der Waals surface area contributed by atoms with Gasteiger partial charge in [0.1, 0.15) is 0 Å². The van der Waals surface area contributed by atoms with Crippen LogP contribution in [0.15, 0.2) is 23.3 Å². The van der Waals surface area contributed by atoms with E-state index >= 15 is 0 Å². The molecule has 0 unspecified atom stereocenters. The van der Waals surface area contributed by atoms with Gasteiger partial charge in [-0.3, -0.25) is 0 Å². The lowest BCUT2D eigenvalue weighted by atomic mass is 10.3. The van der Waals surface area contributed by atoms with Crippen LogP contribution >= 0.6 is 24.0 Å². The Bertz CT molecular complexity index is 447. The monoisotopic (exact) mass is 404 g/mol. The molecule has 21 heavy (non-hydrogen) atoms. The lowest BCUT2D eigenvalue weighted by molar-refractivity contribution is 0.323. The van der Waals surface area contributed by atoms with Gasteiger partial charge in [-0.25, -0.2) is 9.98 Å². The molecule has 0 aliphatic carbocycles. The Balaban J connectivity index is 0.00000220. The van der Waals surface area contributed by atoms with E-state index in [1.54, 1.807) is 6.20 Å². The van der Waals surface area contributed by atoms with Gasteiger partial charge in [0, 0.05) is 31.4 Å². The Hall–Kier alpha value is -1.05. The van der Waals surface area contributed by atoms with Gasteiger partial charge in [-0.15, -0.1) is 24.0 Å². The van der Waals surface area contributed by atoms with Gasteiger partial charge in [-0.2, -0.15) is 0 Å². The van der Waals surface area contributed by atoms with Crippen molar-refractivity contribution in [2.45, 2.75) is 33.2 Å². The van der Waals surface area contributed by atoms with Crippen molar-refractivity contribution < 1.29 is 4.74 Å². The standard InChI is InChI=1S/C15H24N4O.HI/c1-3-16-15(19-10-5-6-11-19)18-12-13-8-7-9-17-14(13)20-4-2;/h7-9H,3-6,10-12H2,1-2H3,(H,16,18);1H. The third kappa shape index (κ3) is 5.33. The van der Waals surface area contributed by atoms with Crippen molar-refractivity contribution in [3.05, 3.63) is 23.9 Å². The fourth-order valence-electron chi connectivity index (χ4n) is 2.33. The number of aliphatic imine (C=N–C) groups is 1. The van der Waals surface area contributed by atoms with Crippen LogP contribution in [-0.2, 0) is 6.54 Å². The first-order valence-corrected chi connectivity index (χ1v) is 7.45. The van der Waals surface area contributed by atoms with Crippen molar-refractivity contribution >= 4 is 29.9 Å². The van der Waals surface area contributed by atoms with E-state index in [1.807, 2.05) is 19.1 Å². The molecule has 1 saturated heterocycles. The highest BCUT2D eigenvalue weighted by molar-refractivity contribution is 14.0. The summed E-state index contributed by atoms with van der Waals surface area (Å²) in [5, 5.41) is 3.36. The summed E-state index contributed by atoms with van der Waals surface area (Å²) in [5.41, 5.74) is 1.03. The van der Waals surface area contributed by atoms with Gasteiger partial charge in [-0.1, -0.05) is 6.07 Å². The molecule has 1 aliphatic rings. The predicted molar refractivity (Wildman–Crippen MR) is 96.4 cm³/mol. The number of ether oxygens (including phenoxy) is 1. The average Bonchev–Trinajstić information content (AvgIpc) is 2.99. The maximum absolute atomic E-state index is 5.54. The molecule has 5 nitrogen and oxygen atoms in total. The van der Waals surface area contributed by atoms with Crippen LogP contribution in [0.25, 0.3) is 0 Å². The van der Waals surface area contributed by atoms with Gasteiger partial charge in [0.2, 0.25) is 5.88 Å². The molecule has 6 heteroatoms. The Morgan fingerprint density at radius 1 is 1.38 bits per heavy atom. The summed E-state index contributed by atoms with van der Waals surface area (Å²) in [4.78, 5) is 11.3. The van der Waals surface area contributed by atoms with E-state index in [0.29, 0.717) is 19.0 Å². The maximum atomic E-state index is 5.54. The van der Waals surface area contributed by atoms with Crippen LogP contribution < -0.4 is 10.1 Å². The van der Waals surface area contributed by atoms with Crippen LogP contribution in [0.4, 0.5) is 0 Å². The van der Waals surface area contributed by atoms with E-state index in [0.717, 1.165) is 31.2 Å². The van der Waals surface area contributed by atoms with Gasteiger partial charge < -0.3 is 15.0 Å². The highest BCUT2D eigenvalue weighted by Crippen LogP contribution is 2.16. The van der Waals surface area contributed by atoms with Crippen molar-refractivity contribution in [2.24, 2.45) is 4.99 Å². The van der Waals surface area contributed by atoms with E-state index in [-0.39, 0.29) is 24.0 Å². The summed E-state index contributed by atoms with van der Waals surface area (Å²) < 4.78 is 5.54. The van der Waals surface area contributed by atoms with Crippen LogP contribution in [0.3, 0.4) is 0 Å². The van der Waals surface area contributed by atoms with E-state index in [4.69, 9.17) is 9.73 Å². The average molecular weight is 404 g/mol. The molecule has 1 aromatic rings. The molecule has 0 atom stereocenters. The summed E-state index contributed by atoms with van der Waals surface area (Å²) in [6.07, 6.45) is 4.26. The Kier molecular flexibility index (Phi) is 8.41. The molecule has 2 rings (SSSR count). The zero-order chi connectivity index (χ0) is 14.2. The lowest BCUT2D eigenvalue weighted by Crippen LogP contribution is -2.39. The van der Waals surface area contributed by atoms with Crippen LogP contribution in [0.2, 0.25) is 0 Å². The smallest absolute Gasteiger partial charge is 0.218 e. The predicted octanol–water partition coefficient (Wildman–Crippen LogP) is 2.66. The number of likely N-dealkylation sites (tertiary alicyclic amines) is 1. The van der Waals surface area contributed by atoms with Crippen LogP contribution in [0.5, 0.6) is 5.88 Å². The molecule has 0 amide bonds. The van der Waals surface area contributed by atoms with Crippen LogP contribution in [-0.4, -0.2) is 42.1 Å². The van der Waals surface area contributed by atoms with E-state index in [9.17, 15) is 0 Å². The quantitative estimate of drug-likeness (QED) is 0.466. The first-order valence-electron chi connectivity index (χ1n) is 7.45. The second kappa shape index (κ2) is 9.81. The zero-order valence-electron chi connectivity index (χ0n) is 12.8. The molecule has 0 radical (unpaired) electrons. The van der Waals surface area contributed by atoms with Crippen molar-refractivity contribution in [3.63, 3.8) is 0 Å². The molecule has 0 spiro atoms. The fraction of sp³-hybridized carbons (Fsp3) is 0.600. The molecule has 2 heterocycles. The van der Waals surface area contributed by atoms with Crippen LogP contribution in [0, 0.1) is 0 Å². The number of aromatic nitrogens is 1. The van der Waals surface area contributed by atoms with E-state index in [1.165, 1.54) is 12.8 Å². The van der Waals surface area contributed by atoms with E-state index < -0.39 is 0 Å². The van der Waals surface area contributed by atoms with Gasteiger partial charge in [0.25, 0.3) is 0 Å². The minimum atomic E-state index is 0. The number of halogens is 1. The number of hydrogen-bond acceptors (Lipinski definition) is 3. The summed E-state index contributed by atoms with van der Waals surface area (Å²) in [6, 6.07) is 3.95. The second-order valence-electron chi connectivity index (χ2n) is 4.77. The topological polar surface area (TPSA) is 49.8 Å². The minimum Gasteiger partial charge on any atom is -0.478 e. The normalized spacial score (nSPS) is 14.8. The molecule has 118 valence electrons. The highest BCUT2D eigenvalue weighted by Gasteiger charge is 2.15. The Labute approximate surface area is 144 Å². The molecule has 0 bridgehead atoms. The number of pyridine rings is 1.